The maximum absolute atomic E-state index is 10.00. The lowest BCUT2D eigenvalue weighted by Gasteiger charge is -2.35. The molecule has 0 radical (unpaired) electrons. The fraction of sp³-hybridized carbons (Fsp3) is 0.474. The molecule has 0 aliphatic heterocycles. The minimum atomic E-state index is 0.462. The van der Waals surface area contributed by atoms with E-state index in [9.17, 15) is 5.11 Å². The predicted octanol–water partition coefficient (Wildman–Crippen LogP) is 4.10. The van der Waals surface area contributed by atoms with Crippen LogP contribution in [0, 0.1) is 0 Å². The Morgan fingerprint density at radius 1 is 1.30 bits per heavy atom. The van der Waals surface area contributed by atoms with E-state index >= 15 is 0 Å². The van der Waals surface area contributed by atoms with E-state index in [-0.39, 0.29) is 0 Å². The molecule has 0 spiro atoms. The molecular weight excluding hydrogens is 306 g/mol. The molecule has 0 amide bonds. The minimum Gasteiger partial charge on any atom is -0.508 e. The quantitative estimate of drug-likeness (QED) is 0.829. The topological polar surface area (TPSA) is 32.7 Å². The highest BCUT2D eigenvalue weighted by molar-refractivity contribution is 7.08. The van der Waals surface area contributed by atoms with Crippen molar-refractivity contribution in [2.45, 2.75) is 38.6 Å². The monoisotopic (exact) mass is 331 g/mol. The molecule has 124 valence electrons. The Morgan fingerprint density at radius 2 is 2.22 bits per heavy atom. The molecule has 1 atom stereocenters. The van der Waals surface area contributed by atoms with Gasteiger partial charge in [0.05, 0.1) is 0 Å². The highest BCUT2D eigenvalue weighted by atomic mass is 32.1. The van der Waals surface area contributed by atoms with Crippen LogP contribution in [0.4, 0.5) is 0 Å². The van der Waals surface area contributed by atoms with Gasteiger partial charge in [-0.15, -0.1) is 11.3 Å². The largest absolute Gasteiger partial charge is 0.508 e. The summed E-state index contributed by atoms with van der Waals surface area (Å²) in [5, 5.41) is 14.1. The second-order valence-corrected chi connectivity index (χ2v) is 6.93. The Hall–Kier alpha value is -1.52. The Balaban J connectivity index is 1.60. The van der Waals surface area contributed by atoms with Crippen molar-refractivity contribution in [3.63, 3.8) is 0 Å². The summed E-state index contributed by atoms with van der Waals surface area (Å²) in [7, 11) is 0. The number of phenols is 1. The molecule has 1 aromatic heterocycles. The summed E-state index contributed by atoms with van der Waals surface area (Å²) >= 11 is 1.67. The Labute approximate surface area is 142 Å². The average Bonchev–Trinajstić information content (AvgIpc) is 3.07. The molecule has 0 fully saturated rings. The zero-order valence-electron chi connectivity index (χ0n) is 13.7. The van der Waals surface area contributed by atoms with Gasteiger partial charge in [0, 0.05) is 18.0 Å². The van der Waals surface area contributed by atoms with E-state index in [1.54, 1.807) is 17.4 Å². The van der Waals surface area contributed by atoms with E-state index in [0.29, 0.717) is 11.8 Å². The second kappa shape index (κ2) is 7.84. The van der Waals surface area contributed by atoms with Gasteiger partial charge in [0.15, 0.2) is 0 Å². The number of nitrogens with zero attached hydrogens (tertiary/aromatic N) is 1. The minimum absolute atomic E-state index is 0.462. The van der Waals surface area contributed by atoms with Crippen LogP contribution in [0.25, 0.3) is 0 Å². The molecule has 0 saturated carbocycles. The number of benzene rings is 1. The van der Waals surface area contributed by atoms with Crippen molar-refractivity contribution in [2.75, 3.05) is 19.7 Å². The lowest BCUT2D eigenvalue weighted by molar-refractivity contribution is 0.147. The zero-order valence-corrected chi connectivity index (χ0v) is 14.5. The fourth-order valence-electron chi connectivity index (χ4n) is 3.46. The summed E-state index contributed by atoms with van der Waals surface area (Å²) in [6.45, 7) is 5.03. The second-order valence-electron chi connectivity index (χ2n) is 6.15. The molecule has 1 aromatic carbocycles. The van der Waals surface area contributed by atoms with Gasteiger partial charge >= 0.3 is 0 Å². The summed E-state index contributed by atoms with van der Waals surface area (Å²) in [6, 6.07) is 8.50. The number of phenolic OH excluding ortho intramolecular Hbond substituents is 1. The van der Waals surface area contributed by atoms with Crippen molar-refractivity contribution in [3.05, 3.63) is 46.2 Å². The number of rotatable bonds is 7. The summed E-state index contributed by atoms with van der Waals surface area (Å²) in [6.07, 6.45) is 4.27. The molecule has 23 heavy (non-hydrogen) atoms. The van der Waals surface area contributed by atoms with Gasteiger partial charge in [0.25, 0.3) is 0 Å². The van der Waals surface area contributed by atoms with Gasteiger partial charge < -0.3 is 9.84 Å². The lowest BCUT2D eigenvalue weighted by atomic mass is 9.87. The molecule has 0 saturated heterocycles. The van der Waals surface area contributed by atoms with Crippen LogP contribution in [-0.4, -0.2) is 35.7 Å². The van der Waals surface area contributed by atoms with Crippen LogP contribution in [0.15, 0.2) is 35.0 Å². The van der Waals surface area contributed by atoms with Crippen LogP contribution in [0.1, 0.15) is 30.9 Å². The summed E-state index contributed by atoms with van der Waals surface area (Å²) in [5.41, 5.74) is 2.45. The first-order valence-corrected chi connectivity index (χ1v) is 9.41. The average molecular weight is 331 g/mol. The van der Waals surface area contributed by atoms with E-state index in [0.717, 1.165) is 56.7 Å². The maximum Gasteiger partial charge on any atom is 0.130 e. The highest BCUT2D eigenvalue weighted by Crippen LogP contribution is 2.30. The molecular formula is C19H25NO2S. The number of fused-ring (bicyclic) bond motifs is 1. The molecule has 2 aromatic rings. The molecule has 1 aliphatic rings. The van der Waals surface area contributed by atoms with Crippen molar-refractivity contribution in [2.24, 2.45) is 0 Å². The van der Waals surface area contributed by atoms with Crippen LogP contribution in [0.3, 0.4) is 0 Å². The molecule has 1 N–H and O–H groups in total. The Morgan fingerprint density at radius 3 is 3.00 bits per heavy atom. The van der Waals surface area contributed by atoms with Gasteiger partial charge in [0.1, 0.15) is 18.1 Å². The van der Waals surface area contributed by atoms with Crippen LogP contribution in [-0.2, 0) is 12.8 Å². The predicted molar refractivity (Wildman–Crippen MR) is 95.6 cm³/mol. The van der Waals surface area contributed by atoms with Gasteiger partial charge in [-0.25, -0.2) is 0 Å². The summed E-state index contributed by atoms with van der Waals surface area (Å²) < 4.78 is 5.83. The first-order chi connectivity index (χ1) is 11.3. The third-order valence-corrected chi connectivity index (χ3v) is 5.26. The van der Waals surface area contributed by atoms with Crippen LogP contribution < -0.4 is 4.74 Å². The van der Waals surface area contributed by atoms with Crippen molar-refractivity contribution >= 4 is 11.3 Å². The smallest absolute Gasteiger partial charge is 0.130 e. The Kier molecular flexibility index (Phi) is 5.57. The highest BCUT2D eigenvalue weighted by Gasteiger charge is 2.25. The number of thiophene rings is 1. The fourth-order valence-corrected chi connectivity index (χ4v) is 4.03. The standard InChI is InChI=1S/C19H25NO2S/c1-2-9-20(10-11-22-17-8-12-23-14-17)16-6-7-18-15(13-16)4-3-5-19(18)21/h3-5,8,12,14,16,21H,2,6-7,9-11,13H2,1H3. The van der Waals surface area contributed by atoms with Crippen molar-refractivity contribution in [1.82, 2.24) is 4.90 Å². The van der Waals surface area contributed by atoms with Gasteiger partial charge in [-0.05, 0) is 60.9 Å². The van der Waals surface area contributed by atoms with E-state index in [1.165, 1.54) is 5.56 Å². The SMILES string of the molecule is CCCN(CCOc1ccsc1)C1CCc2c(O)cccc2C1. The molecule has 4 heteroatoms. The van der Waals surface area contributed by atoms with Gasteiger partial charge in [-0.1, -0.05) is 19.1 Å². The van der Waals surface area contributed by atoms with E-state index in [4.69, 9.17) is 4.74 Å². The first kappa shape index (κ1) is 16.3. The lowest BCUT2D eigenvalue weighted by Crippen LogP contribution is -2.42. The van der Waals surface area contributed by atoms with Crippen LogP contribution in [0.5, 0.6) is 11.5 Å². The third-order valence-electron chi connectivity index (χ3n) is 4.60. The normalized spacial score (nSPS) is 17.2. The summed E-state index contributed by atoms with van der Waals surface area (Å²) in [5.74, 6) is 1.44. The molecule has 3 rings (SSSR count). The van der Waals surface area contributed by atoms with Gasteiger partial charge in [-0.3, -0.25) is 4.90 Å². The molecule has 0 bridgehead atoms. The third kappa shape index (κ3) is 4.06. The number of ether oxygens (including phenoxy) is 1. The van der Waals surface area contributed by atoms with E-state index in [1.807, 2.05) is 22.9 Å². The van der Waals surface area contributed by atoms with Crippen LogP contribution in [0.2, 0.25) is 0 Å². The van der Waals surface area contributed by atoms with Crippen LogP contribution >= 0.6 is 11.3 Å². The number of hydrogen-bond donors (Lipinski definition) is 1. The van der Waals surface area contributed by atoms with Crippen molar-refractivity contribution in [1.29, 1.82) is 0 Å². The summed E-state index contributed by atoms with van der Waals surface area (Å²) in [4.78, 5) is 2.55. The van der Waals surface area contributed by atoms with E-state index < -0.39 is 0 Å². The molecule has 1 unspecified atom stereocenters. The molecule has 3 nitrogen and oxygen atoms in total. The number of aromatic hydroxyl groups is 1. The first-order valence-electron chi connectivity index (χ1n) is 8.46. The Bertz CT molecular complexity index is 612. The van der Waals surface area contributed by atoms with Crippen molar-refractivity contribution in [3.8, 4) is 11.5 Å². The zero-order chi connectivity index (χ0) is 16.1. The molecule has 1 aliphatic carbocycles. The number of hydrogen-bond acceptors (Lipinski definition) is 4. The molecule has 1 heterocycles. The van der Waals surface area contributed by atoms with Crippen molar-refractivity contribution < 1.29 is 9.84 Å². The van der Waals surface area contributed by atoms with Gasteiger partial charge in [-0.2, -0.15) is 0 Å². The van der Waals surface area contributed by atoms with E-state index in [2.05, 4.69) is 17.9 Å². The van der Waals surface area contributed by atoms with Gasteiger partial charge in [0.2, 0.25) is 0 Å². The maximum atomic E-state index is 10.00.